The van der Waals surface area contributed by atoms with Gasteiger partial charge in [0.1, 0.15) is 0 Å². The third kappa shape index (κ3) is 3.63. The molecule has 2 unspecified atom stereocenters. The van der Waals surface area contributed by atoms with Crippen molar-refractivity contribution in [1.29, 1.82) is 0 Å². The highest BCUT2D eigenvalue weighted by molar-refractivity contribution is 6.01. The van der Waals surface area contributed by atoms with Gasteiger partial charge in [-0.15, -0.1) is 0 Å². The number of imide groups is 1. The minimum atomic E-state index is -0.428. The van der Waals surface area contributed by atoms with E-state index in [-0.39, 0.29) is 43.0 Å². The third-order valence-corrected chi connectivity index (χ3v) is 4.54. The van der Waals surface area contributed by atoms with Crippen LogP contribution in [0.3, 0.4) is 0 Å². The average Bonchev–Trinajstić information content (AvgIpc) is 3.13. The van der Waals surface area contributed by atoms with Crippen molar-refractivity contribution >= 4 is 17.7 Å². The molecule has 7 nitrogen and oxygen atoms in total. The Morgan fingerprint density at radius 1 is 1.17 bits per heavy atom. The lowest BCUT2D eigenvalue weighted by Crippen LogP contribution is -2.34. The number of hydrogen-bond acceptors (Lipinski definition) is 5. The molecule has 24 heavy (non-hydrogen) atoms. The molecule has 2 fully saturated rings. The van der Waals surface area contributed by atoms with Crippen LogP contribution in [0.25, 0.3) is 0 Å². The normalized spacial score (nSPS) is 23.8. The first-order valence-corrected chi connectivity index (χ1v) is 8.13. The Kier molecular flexibility index (Phi) is 4.92. The Hall–Kier alpha value is -2.25. The second-order valence-corrected chi connectivity index (χ2v) is 6.27. The van der Waals surface area contributed by atoms with Gasteiger partial charge < -0.3 is 15.7 Å². The Bertz CT molecular complexity index is 628. The number of carbonyl (C=O) groups is 3. The zero-order valence-electron chi connectivity index (χ0n) is 13.3. The van der Waals surface area contributed by atoms with Gasteiger partial charge >= 0.3 is 0 Å². The molecule has 2 atom stereocenters. The molecule has 0 aliphatic carbocycles. The van der Waals surface area contributed by atoms with E-state index in [1.165, 1.54) is 4.90 Å². The summed E-state index contributed by atoms with van der Waals surface area (Å²) in [5.74, 6) is -0.467. The lowest BCUT2D eigenvalue weighted by molar-refractivity contribution is -0.139. The fourth-order valence-corrected chi connectivity index (χ4v) is 3.00. The van der Waals surface area contributed by atoms with Crippen LogP contribution in [-0.4, -0.2) is 53.5 Å². The van der Waals surface area contributed by atoms with Crippen LogP contribution in [0.15, 0.2) is 24.3 Å². The number of aliphatic hydroxyl groups is 1. The van der Waals surface area contributed by atoms with E-state index in [1.807, 2.05) is 0 Å². The van der Waals surface area contributed by atoms with Crippen molar-refractivity contribution in [1.82, 2.24) is 15.5 Å². The summed E-state index contributed by atoms with van der Waals surface area (Å²) < 4.78 is 0. The van der Waals surface area contributed by atoms with Crippen molar-refractivity contribution in [3.8, 4) is 0 Å². The van der Waals surface area contributed by atoms with E-state index in [0.29, 0.717) is 25.2 Å². The topological polar surface area (TPSA) is 98.7 Å². The van der Waals surface area contributed by atoms with Crippen molar-refractivity contribution in [2.45, 2.75) is 25.5 Å². The summed E-state index contributed by atoms with van der Waals surface area (Å²) >= 11 is 0. The van der Waals surface area contributed by atoms with E-state index >= 15 is 0 Å². The fraction of sp³-hybridized carbons (Fsp3) is 0.471. The number of benzene rings is 1. The quantitative estimate of drug-likeness (QED) is 0.641. The molecule has 3 rings (SSSR count). The highest BCUT2D eigenvalue weighted by Gasteiger charge is 2.28. The van der Waals surface area contributed by atoms with Gasteiger partial charge in [0.25, 0.3) is 5.91 Å². The third-order valence-electron chi connectivity index (χ3n) is 4.54. The predicted octanol–water partition coefficient (Wildman–Crippen LogP) is -0.354. The van der Waals surface area contributed by atoms with Gasteiger partial charge in [-0.25, -0.2) is 0 Å². The van der Waals surface area contributed by atoms with Crippen LogP contribution < -0.4 is 10.6 Å². The van der Waals surface area contributed by atoms with Crippen LogP contribution in [-0.2, 0) is 16.1 Å². The average molecular weight is 331 g/mol. The predicted molar refractivity (Wildman–Crippen MR) is 85.9 cm³/mol. The van der Waals surface area contributed by atoms with Crippen LogP contribution in [0.4, 0.5) is 0 Å². The van der Waals surface area contributed by atoms with E-state index in [4.69, 9.17) is 0 Å². The van der Waals surface area contributed by atoms with Crippen LogP contribution in [0.1, 0.15) is 28.8 Å². The standard InChI is InChI=1S/C17H21N3O4/c21-14-9-18-7-13(14)8-19-17(24)12-3-1-11(2-4-12)10-20-15(22)5-6-16(20)23/h1-4,13-14,18,21H,5-10H2,(H,19,24). The summed E-state index contributed by atoms with van der Waals surface area (Å²) in [4.78, 5) is 36.6. The van der Waals surface area contributed by atoms with Gasteiger partial charge in [0, 0.05) is 44.0 Å². The molecule has 7 heteroatoms. The molecule has 2 aliphatic heterocycles. The summed E-state index contributed by atoms with van der Waals surface area (Å²) in [6.45, 7) is 1.92. The molecule has 0 radical (unpaired) electrons. The molecule has 0 bridgehead atoms. The zero-order valence-corrected chi connectivity index (χ0v) is 13.3. The van der Waals surface area contributed by atoms with E-state index < -0.39 is 6.10 Å². The number of likely N-dealkylation sites (tertiary alicyclic amines) is 1. The molecule has 2 aliphatic rings. The number of rotatable bonds is 5. The number of carbonyl (C=O) groups excluding carboxylic acids is 3. The molecule has 0 aromatic heterocycles. The van der Waals surface area contributed by atoms with Gasteiger partial charge in [-0.05, 0) is 17.7 Å². The number of nitrogens with zero attached hydrogens (tertiary/aromatic N) is 1. The molecule has 128 valence electrons. The summed E-state index contributed by atoms with van der Waals surface area (Å²) in [6, 6.07) is 6.86. The number of aliphatic hydroxyl groups excluding tert-OH is 1. The monoisotopic (exact) mass is 331 g/mol. The number of nitrogens with one attached hydrogen (secondary N) is 2. The second kappa shape index (κ2) is 7.11. The second-order valence-electron chi connectivity index (χ2n) is 6.27. The molecule has 3 N–H and O–H groups in total. The van der Waals surface area contributed by atoms with Crippen LogP contribution in [0, 0.1) is 5.92 Å². The van der Waals surface area contributed by atoms with E-state index in [1.54, 1.807) is 24.3 Å². The van der Waals surface area contributed by atoms with Crippen molar-refractivity contribution in [3.63, 3.8) is 0 Å². The minimum Gasteiger partial charge on any atom is -0.391 e. The molecule has 2 saturated heterocycles. The van der Waals surface area contributed by atoms with E-state index in [9.17, 15) is 19.5 Å². The van der Waals surface area contributed by atoms with Gasteiger partial charge in [-0.1, -0.05) is 12.1 Å². The van der Waals surface area contributed by atoms with Crippen molar-refractivity contribution in [2.24, 2.45) is 5.92 Å². The molecule has 3 amide bonds. The molecule has 0 saturated carbocycles. The first-order chi connectivity index (χ1) is 11.5. The first kappa shape index (κ1) is 16.6. The van der Waals surface area contributed by atoms with Gasteiger partial charge in [0.05, 0.1) is 12.6 Å². The summed E-state index contributed by atoms with van der Waals surface area (Å²) in [7, 11) is 0. The van der Waals surface area contributed by atoms with Crippen molar-refractivity contribution in [3.05, 3.63) is 35.4 Å². The maximum Gasteiger partial charge on any atom is 0.251 e. The molecular weight excluding hydrogens is 310 g/mol. The smallest absolute Gasteiger partial charge is 0.251 e. The van der Waals surface area contributed by atoms with Gasteiger partial charge in [-0.3, -0.25) is 19.3 Å². The zero-order chi connectivity index (χ0) is 17.1. The lowest BCUT2D eigenvalue weighted by Gasteiger charge is -2.15. The van der Waals surface area contributed by atoms with Gasteiger partial charge in [0.15, 0.2) is 0 Å². The maximum atomic E-state index is 12.1. The first-order valence-electron chi connectivity index (χ1n) is 8.13. The molecule has 1 aromatic rings. The van der Waals surface area contributed by atoms with Gasteiger partial charge in [-0.2, -0.15) is 0 Å². The Morgan fingerprint density at radius 2 is 1.83 bits per heavy atom. The van der Waals surface area contributed by atoms with Crippen LogP contribution in [0.2, 0.25) is 0 Å². The van der Waals surface area contributed by atoms with Crippen molar-refractivity contribution < 1.29 is 19.5 Å². The molecular formula is C17H21N3O4. The lowest BCUT2D eigenvalue weighted by atomic mass is 10.1. The highest BCUT2D eigenvalue weighted by atomic mass is 16.3. The molecule has 0 spiro atoms. The maximum absolute atomic E-state index is 12.1. The summed E-state index contributed by atoms with van der Waals surface area (Å²) in [5.41, 5.74) is 1.32. The number of amides is 3. The van der Waals surface area contributed by atoms with Crippen LogP contribution in [0.5, 0.6) is 0 Å². The summed E-state index contributed by atoms with van der Waals surface area (Å²) in [6.07, 6.45) is 0.130. The van der Waals surface area contributed by atoms with Crippen molar-refractivity contribution in [2.75, 3.05) is 19.6 Å². The van der Waals surface area contributed by atoms with E-state index in [2.05, 4.69) is 10.6 Å². The van der Waals surface area contributed by atoms with Gasteiger partial charge in [0.2, 0.25) is 11.8 Å². The van der Waals surface area contributed by atoms with E-state index in [0.717, 1.165) is 5.56 Å². The number of hydrogen-bond donors (Lipinski definition) is 3. The largest absolute Gasteiger partial charge is 0.391 e. The molecule has 1 aromatic carbocycles. The number of β-amino-alcohol motifs (C(OH)–C–C–N with tert-alkyl or cyclic N) is 1. The highest BCUT2D eigenvalue weighted by Crippen LogP contribution is 2.16. The Balaban J connectivity index is 1.54. The molecule has 2 heterocycles. The fourth-order valence-electron chi connectivity index (χ4n) is 3.00. The SMILES string of the molecule is O=C(NCC1CNCC1O)c1ccc(CN2C(=O)CCC2=O)cc1. The Labute approximate surface area is 140 Å². The van der Waals surface area contributed by atoms with Crippen LogP contribution >= 0.6 is 0 Å². The Morgan fingerprint density at radius 3 is 2.42 bits per heavy atom. The summed E-state index contributed by atoms with van der Waals surface area (Å²) in [5, 5.41) is 15.6. The minimum absolute atomic E-state index is 0.0282.